The van der Waals surface area contributed by atoms with Crippen LogP contribution in [0.2, 0.25) is 0 Å². The van der Waals surface area contributed by atoms with Crippen LogP contribution in [0.15, 0.2) is 12.2 Å². The molecule has 0 unspecified atom stereocenters. The molecule has 0 aromatic heterocycles. The van der Waals surface area contributed by atoms with Crippen LogP contribution in [-0.4, -0.2) is 16.9 Å². The summed E-state index contributed by atoms with van der Waals surface area (Å²) in [6.45, 7) is 2.12. The number of hydrogen-bond donors (Lipinski definition) is 1. The second-order valence-corrected chi connectivity index (χ2v) is 4.79. The van der Waals surface area contributed by atoms with Crippen molar-refractivity contribution in [3.63, 3.8) is 0 Å². The van der Waals surface area contributed by atoms with Crippen molar-refractivity contribution in [2.75, 3.05) is 0 Å². The Hall–Kier alpha value is -1.12. The molecule has 1 fully saturated rings. The molecule has 96 valence electrons. The Morgan fingerprint density at radius 1 is 1.53 bits per heavy atom. The summed E-state index contributed by atoms with van der Waals surface area (Å²) >= 11 is 0. The first-order valence-corrected chi connectivity index (χ1v) is 6.56. The zero-order chi connectivity index (χ0) is 12.7. The molecule has 1 N–H and O–H groups in total. The monoisotopic (exact) mass is 238 g/mol. The van der Waals surface area contributed by atoms with Crippen molar-refractivity contribution < 1.29 is 14.7 Å². The Morgan fingerprint density at radius 3 is 2.94 bits per heavy atom. The number of ketones is 1. The lowest BCUT2D eigenvalue weighted by molar-refractivity contribution is -0.137. The minimum atomic E-state index is -0.743. The third kappa shape index (κ3) is 4.72. The van der Waals surface area contributed by atoms with Crippen LogP contribution < -0.4 is 0 Å². The largest absolute Gasteiger partial charge is 0.481 e. The molecule has 1 saturated carbocycles. The highest BCUT2D eigenvalue weighted by atomic mass is 16.4. The summed E-state index contributed by atoms with van der Waals surface area (Å²) in [6.07, 6.45) is 9.62. The van der Waals surface area contributed by atoms with E-state index in [1.54, 1.807) is 0 Å². The predicted molar refractivity (Wildman–Crippen MR) is 66.8 cm³/mol. The minimum absolute atomic E-state index is 0.0512. The van der Waals surface area contributed by atoms with E-state index in [-0.39, 0.29) is 12.3 Å². The SMILES string of the molecule is CCC/C=C\[C@H]1C(=O)CC[C@@H]1CCCC(=O)O. The number of carbonyl (C=O) groups excluding carboxylic acids is 1. The summed E-state index contributed by atoms with van der Waals surface area (Å²) < 4.78 is 0. The first-order chi connectivity index (χ1) is 8.15. The average Bonchev–Trinajstić information content (AvgIpc) is 2.61. The molecule has 2 atom stereocenters. The van der Waals surface area contributed by atoms with Crippen molar-refractivity contribution in [3.05, 3.63) is 12.2 Å². The third-order valence-corrected chi connectivity index (χ3v) is 3.41. The van der Waals surface area contributed by atoms with E-state index >= 15 is 0 Å². The van der Waals surface area contributed by atoms with Gasteiger partial charge in [0.25, 0.3) is 0 Å². The molecule has 0 saturated heterocycles. The zero-order valence-corrected chi connectivity index (χ0v) is 10.5. The average molecular weight is 238 g/mol. The Kier molecular flexibility index (Phi) is 5.95. The number of unbranched alkanes of at least 4 members (excludes halogenated alkanes) is 1. The fourth-order valence-electron chi connectivity index (χ4n) is 2.45. The van der Waals surface area contributed by atoms with E-state index in [1.165, 1.54) is 0 Å². The number of Topliss-reactive ketones (excluding diaryl/α,β-unsaturated/α-hetero) is 1. The van der Waals surface area contributed by atoms with Crippen LogP contribution in [0.1, 0.15) is 51.9 Å². The van der Waals surface area contributed by atoms with Gasteiger partial charge in [-0.2, -0.15) is 0 Å². The van der Waals surface area contributed by atoms with E-state index in [9.17, 15) is 9.59 Å². The van der Waals surface area contributed by atoms with Crippen LogP contribution >= 0.6 is 0 Å². The summed E-state index contributed by atoms with van der Waals surface area (Å²) in [5.41, 5.74) is 0. The molecule has 0 bridgehead atoms. The van der Waals surface area contributed by atoms with Crippen molar-refractivity contribution >= 4 is 11.8 Å². The Bertz CT molecular complexity index is 294. The van der Waals surface area contributed by atoms with Gasteiger partial charge in [-0.15, -0.1) is 0 Å². The highest BCUT2D eigenvalue weighted by molar-refractivity contribution is 5.85. The van der Waals surface area contributed by atoms with Gasteiger partial charge < -0.3 is 5.11 Å². The van der Waals surface area contributed by atoms with Crippen molar-refractivity contribution in [2.24, 2.45) is 11.8 Å². The molecule has 0 aromatic carbocycles. The fraction of sp³-hybridized carbons (Fsp3) is 0.714. The Balaban J connectivity index is 2.41. The van der Waals surface area contributed by atoms with Gasteiger partial charge in [0.1, 0.15) is 5.78 Å². The van der Waals surface area contributed by atoms with E-state index in [0.717, 1.165) is 25.7 Å². The molecule has 1 aliphatic carbocycles. The third-order valence-electron chi connectivity index (χ3n) is 3.41. The molecule has 0 amide bonds. The predicted octanol–water partition coefficient (Wildman–Crippen LogP) is 3.19. The molecule has 1 aliphatic rings. The van der Waals surface area contributed by atoms with E-state index < -0.39 is 5.97 Å². The van der Waals surface area contributed by atoms with Crippen LogP contribution in [-0.2, 0) is 9.59 Å². The molecular weight excluding hydrogens is 216 g/mol. The summed E-state index contributed by atoms with van der Waals surface area (Å²) in [4.78, 5) is 22.2. The van der Waals surface area contributed by atoms with Gasteiger partial charge in [0.2, 0.25) is 0 Å². The van der Waals surface area contributed by atoms with Gasteiger partial charge in [-0.05, 0) is 31.6 Å². The summed E-state index contributed by atoms with van der Waals surface area (Å²) in [5.74, 6) is 0.00961. The smallest absolute Gasteiger partial charge is 0.303 e. The van der Waals surface area contributed by atoms with Crippen LogP contribution in [0, 0.1) is 11.8 Å². The Labute approximate surface area is 103 Å². The molecule has 0 heterocycles. The number of carboxylic acid groups (broad SMARTS) is 1. The first kappa shape index (κ1) is 13.9. The van der Waals surface area contributed by atoms with Crippen LogP contribution in [0.5, 0.6) is 0 Å². The van der Waals surface area contributed by atoms with Crippen LogP contribution in [0.4, 0.5) is 0 Å². The zero-order valence-electron chi connectivity index (χ0n) is 10.5. The second kappa shape index (κ2) is 7.25. The quantitative estimate of drug-likeness (QED) is 0.693. The first-order valence-electron chi connectivity index (χ1n) is 6.56. The molecule has 3 heteroatoms. The van der Waals surface area contributed by atoms with E-state index in [0.29, 0.717) is 24.5 Å². The van der Waals surface area contributed by atoms with Gasteiger partial charge in [0.05, 0.1) is 0 Å². The van der Waals surface area contributed by atoms with E-state index in [2.05, 4.69) is 13.0 Å². The van der Waals surface area contributed by atoms with Gasteiger partial charge in [-0.1, -0.05) is 25.5 Å². The lowest BCUT2D eigenvalue weighted by Gasteiger charge is -2.14. The summed E-state index contributed by atoms with van der Waals surface area (Å²) in [7, 11) is 0. The van der Waals surface area contributed by atoms with E-state index in [4.69, 9.17) is 5.11 Å². The molecular formula is C14H22O3. The van der Waals surface area contributed by atoms with Crippen molar-refractivity contribution in [2.45, 2.75) is 51.9 Å². The highest BCUT2D eigenvalue weighted by Crippen LogP contribution is 2.33. The second-order valence-electron chi connectivity index (χ2n) is 4.79. The standard InChI is InChI=1S/C14H22O3/c1-2-3-4-7-12-11(9-10-13(12)15)6-5-8-14(16)17/h4,7,11-12H,2-3,5-6,8-10H2,1H3,(H,16,17)/b7-4-/t11-,12+/m0/s1. The maximum Gasteiger partial charge on any atom is 0.303 e. The normalized spacial score (nSPS) is 24.6. The molecule has 0 aliphatic heterocycles. The number of carbonyl (C=O) groups is 2. The number of hydrogen-bond acceptors (Lipinski definition) is 2. The van der Waals surface area contributed by atoms with Crippen molar-refractivity contribution in [1.29, 1.82) is 0 Å². The topological polar surface area (TPSA) is 54.4 Å². The molecule has 3 nitrogen and oxygen atoms in total. The van der Waals surface area contributed by atoms with Crippen LogP contribution in [0.3, 0.4) is 0 Å². The van der Waals surface area contributed by atoms with Gasteiger partial charge in [0, 0.05) is 18.8 Å². The number of aliphatic carboxylic acids is 1. The lowest BCUT2D eigenvalue weighted by atomic mass is 9.90. The van der Waals surface area contributed by atoms with Crippen LogP contribution in [0.25, 0.3) is 0 Å². The minimum Gasteiger partial charge on any atom is -0.481 e. The van der Waals surface area contributed by atoms with Gasteiger partial charge in [0.15, 0.2) is 0 Å². The molecule has 17 heavy (non-hydrogen) atoms. The number of carboxylic acids is 1. The highest BCUT2D eigenvalue weighted by Gasteiger charge is 2.31. The van der Waals surface area contributed by atoms with Crippen molar-refractivity contribution in [1.82, 2.24) is 0 Å². The summed E-state index contributed by atoms with van der Waals surface area (Å²) in [6, 6.07) is 0. The maximum absolute atomic E-state index is 11.7. The fourth-order valence-corrected chi connectivity index (χ4v) is 2.45. The van der Waals surface area contributed by atoms with Gasteiger partial charge in [-0.25, -0.2) is 0 Å². The molecule has 1 rings (SSSR count). The van der Waals surface area contributed by atoms with Crippen molar-refractivity contribution in [3.8, 4) is 0 Å². The number of rotatable bonds is 7. The van der Waals surface area contributed by atoms with E-state index in [1.807, 2.05) is 6.08 Å². The molecule has 0 radical (unpaired) electrons. The maximum atomic E-state index is 11.7. The molecule has 0 spiro atoms. The van der Waals surface area contributed by atoms with Gasteiger partial charge in [-0.3, -0.25) is 9.59 Å². The summed E-state index contributed by atoms with van der Waals surface area (Å²) in [5, 5.41) is 8.60. The number of allylic oxidation sites excluding steroid dienone is 2. The van der Waals surface area contributed by atoms with Gasteiger partial charge >= 0.3 is 5.97 Å². The Morgan fingerprint density at radius 2 is 2.29 bits per heavy atom. The lowest BCUT2D eigenvalue weighted by Crippen LogP contribution is -2.12. The molecule has 0 aromatic rings.